The van der Waals surface area contributed by atoms with Crippen molar-refractivity contribution in [3.05, 3.63) is 29.6 Å². The van der Waals surface area contributed by atoms with E-state index in [1.807, 2.05) is 13.8 Å². The highest BCUT2D eigenvalue weighted by atomic mass is 19.1. The second-order valence-corrected chi connectivity index (χ2v) is 6.65. The number of carboxylic acids is 1. The number of benzene rings is 1. The third-order valence-electron chi connectivity index (χ3n) is 5.03. The first-order valence-corrected chi connectivity index (χ1v) is 8.13. The zero-order chi connectivity index (χ0) is 17.9. The molecule has 0 aromatic heterocycles. The van der Waals surface area contributed by atoms with Crippen LogP contribution in [0.1, 0.15) is 32.3 Å². The Morgan fingerprint density at radius 2 is 2.12 bits per heavy atom. The number of amides is 1. The van der Waals surface area contributed by atoms with Gasteiger partial charge in [-0.2, -0.15) is 0 Å². The summed E-state index contributed by atoms with van der Waals surface area (Å²) in [4.78, 5) is 25.6. The maximum atomic E-state index is 13.7. The number of hydrogen-bond acceptors (Lipinski definition) is 3. The molecule has 0 saturated carbocycles. The summed E-state index contributed by atoms with van der Waals surface area (Å²) in [6.45, 7) is 4.46. The second-order valence-electron chi connectivity index (χ2n) is 6.65. The molecule has 2 rings (SSSR count). The van der Waals surface area contributed by atoms with Gasteiger partial charge in [0.2, 0.25) is 5.91 Å². The first-order valence-electron chi connectivity index (χ1n) is 8.13. The first-order chi connectivity index (χ1) is 11.3. The van der Waals surface area contributed by atoms with E-state index in [1.165, 1.54) is 13.2 Å². The van der Waals surface area contributed by atoms with Crippen molar-refractivity contribution in [1.82, 2.24) is 4.90 Å². The molecule has 1 saturated heterocycles. The fourth-order valence-electron chi connectivity index (χ4n) is 3.21. The average Bonchev–Trinajstić information content (AvgIpc) is 2.99. The first kappa shape index (κ1) is 18.2. The van der Waals surface area contributed by atoms with E-state index < -0.39 is 17.2 Å². The molecular weight excluding hydrogens is 313 g/mol. The zero-order valence-electron chi connectivity index (χ0n) is 14.3. The number of halogens is 1. The lowest BCUT2D eigenvalue weighted by Gasteiger charge is -2.28. The van der Waals surface area contributed by atoms with Crippen LogP contribution in [-0.2, 0) is 16.0 Å². The van der Waals surface area contributed by atoms with Gasteiger partial charge in [0.1, 0.15) is 0 Å². The predicted octanol–water partition coefficient (Wildman–Crippen LogP) is 2.73. The van der Waals surface area contributed by atoms with Gasteiger partial charge in [0.15, 0.2) is 11.6 Å². The molecule has 1 aliphatic heterocycles. The molecule has 1 atom stereocenters. The Morgan fingerprint density at radius 3 is 2.62 bits per heavy atom. The van der Waals surface area contributed by atoms with Gasteiger partial charge in [0.25, 0.3) is 0 Å². The van der Waals surface area contributed by atoms with Crippen molar-refractivity contribution in [2.45, 2.75) is 33.1 Å². The molecule has 1 fully saturated rings. The van der Waals surface area contributed by atoms with Gasteiger partial charge >= 0.3 is 5.97 Å². The summed E-state index contributed by atoms with van der Waals surface area (Å²) in [5, 5.41) is 9.53. The number of carboxylic acid groups (broad SMARTS) is 1. The lowest BCUT2D eigenvalue weighted by molar-refractivity contribution is -0.151. The van der Waals surface area contributed by atoms with Gasteiger partial charge < -0.3 is 14.7 Å². The van der Waals surface area contributed by atoms with Crippen LogP contribution in [-0.4, -0.2) is 42.1 Å². The highest BCUT2D eigenvalue weighted by Crippen LogP contribution is 2.38. The Balaban J connectivity index is 1.96. The molecule has 6 heteroatoms. The standard InChI is InChI=1S/C18H24FNO4/c1-12(2)18(17(22)23)8-9-20(11-18)16(21)7-5-13-4-6-15(24-3)14(19)10-13/h4,6,10,12H,5,7-9,11H2,1-3H3,(H,22,23). The van der Waals surface area contributed by atoms with Crippen LogP contribution in [0.15, 0.2) is 18.2 Å². The number of carbonyl (C=O) groups is 2. The van der Waals surface area contributed by atoms with Crippen LogP contribution < -0.4 is 4.74 Å². The van der Waals surface area contributed by atoms with E-state index in [9.17, 15) is 19.1 Å². The topological polar surface area (TPSA) is 66.8 Å². The number of nitrogens with zero attached hydrogens (tertiary/aromatic N) is 1. The van der Waals surface area contributed by atoms with Crippen molar-refractivity contribution in [2.75, 3.05) is 20.2 Å². The molecule has 1 unspecified atom stereocenters. The van der Waals surface area contributed by atoms with Crippen molar-refractivity contribution in [3.8, 4) is 5.75 Å². The molecule has 0 radical (unpaired) electrons. The number of rotatable bonds is 6. The van der Waals surface area contributed by atoms with E-state index in [-0.39, 0.29) is 30.5 Å². The summed E-state index contributed by atoms with van der Waals surface area (Å²) in [6, 6.07) is 4.64. The zero-order valence-corrected chi connectivity index (χ0v) is 14.3. The Hall–Kier alpha value is -2.11. The van der Waals surface area contributed by atoms with Crippen LogP contribution in [0.25, 0.3) is 0 Å². The quantitative estimate of drug-likeness (QED) is 0.867. The van der Waals surface area contributed by atoms with Crippen LogP contribution in [0, 0.1) is 17.2 Å². The molecule has 0 bridgehead atoms. The minimum Gasteiger partial charge on any atom is -0.494 e. The van der Waals surface area contributed by atoms with E-state index in [2.05, 4.69) is 0 Å². The SMILES string of the molecule is COc1ccc(CCC(=O)N2CCC(C(=O)O)(C(C)C)C2)cc1F. The van der Waals surface area contributed by atoms with Gasteiger partial charge in [-0.3, -0.25) is 9.59 Å². The molecule has 1 amide bonds. The number of aliphatic carboxylic acids is 1. The molecule has 1 heterocycles. The third-order valence-corrected chi connectivity index (χ3v) is 5.03. The third kappa shape index (κ3) is 3.52. The van der Waals surface area contributed by atoms with Gasteiger partial charge in [-0.05, 0) is 36.5 Å². The monoisotopic (exact) mass is 337 g/mol. The molecule has 1 aromatic rings. The normalized spacial score (nSPS) is 20.5. The lowest BCUT2D eigenvalue weighted by atomic mass is 9.76. The summed E-state index contributed by atoms with van der Waals surface area (Å²) in [5.74, 6) is -1.25. The molecule has 1 N–H and O–H groups in total. The number of likely N-dealkylation sites (tertiary alicyclic amines) is 1. The Labute approximate surface area is 141 Å². The number of carbonyl (C=O) groups excluding carboxylic acids is 1. The lowest BCUT2D eigenvalue weighted by Crippen LogP contribution is -2.40. The van der Waals surface area contributed by atoms with Gasteiger partial charge in [0, 0.05) is 19.5 Å². The molecule has 1 aromatic carbocycles. The number of ether oxygens (including phenoxy) is 1. The summed E-state index contributed by atoms with van der Waals surface area (Å²) >= 11 is 0. The van der Waals surface area contributed by atoms with Crippen LogP contribution in [0.5, 0.6) is 5.75 Å². The van der Waals surface area contributed by atoms with Crippen molar-refractivity contribution < 1.29 is 23.8 Å². The van der Waals surface area contributed by atoms with E-state index in [0.29, 0.717) is 24.9 Å². The van der Waals surface area contributed by atoms with E-state index >= 15 is 0 Å². The van der Waals surface area contributed by atoms with Crippen molar-refractivity contribution in [3.63, 3.8) is 0 Å². The highest BCUT2D eigenvalue weighted by Gasteiger charge is 2.48. The minimum atomic E-state index is -0.859. The van der Waals surface area contributed by atoms with Crippen molar-refractivity contribution in [1.29, 1.82) is 0 Å². The largest absolute Gasteiger partial charge is 0.494 e. The minimum absolute atomic E-state index is 0.0384. The van der Waals surface area contributed by atoms with Crippen LogP contribution in [0.4, 0.5) is 4.39 Å². The van der Waals surface area contributed by atoms with Gasteiger partial charge in [-0.25, -0.2) is 4.39 Å². The van der Waals surface area contributed by atoms with E-state index in [1.54, 1.807) is 17.0 Å². The Morgan fingerprint density at radius 1 is 1.42 bits per heavy atom. The summed E-state index contributed by atoms with van der Waals surface area (Å²) in [5.41, 5.74) is -0.142. The fraction of sp³-hybridized carbons (Fsp3) is 0.556. The summed E-state index contributed by atoms with van der Waals surface area (Å²) < 4.78 is 18.5. The molecule has 0 spiro atoms. The van der Waals surface area contributed by atoms with E-state index in [4.69, 9.17) is 4.74 Å². The predicted molar refractivity (Wildman–Crippen MR) is 87.4 cm³/mol. The molecule has 1 aliphatic rings. The van der Waals surface area contributed by atoms with Crippen LogP contribution in [0.2, 0.25) is 0 Å². The fourth-order valence-corrected chi connectivity index (χ4v) is 3.21. The van der Waals surface area contributed by atoms with E-state index in [0.717, 1.165) is 0 Å². The van der Waals surface area contributed by atoms with Crippen LogP contribution in [0.3, 0.4) is 0 Å². The Bertz CT molecular complexity index is 631. The Kier molecular flexibility index (Phi) is 5.47. The molecule has 132 valence electrons. The summed E-state index contributed by atoms with van der Waals surface area (Å²) in [6.07, 6.45) is 1.13. The molecular formula is C18H24FNO4. The molecule has 24 heavy (non-hydrogen) atoms. The summed E-state index contributed by atoms with van der Waals surface area (Å²) in [7, 11) is 1.40. The van der Waals surface area contributed by atoms with Crippen molar-refractivity contribution in [2.24, 2.45) is 11.3 Å². The van der Waals surface area contributed by atoms with Gasteiger partial charge in [0.05, 0.1) is 12.5 Å². The highest BCUT2D eigenvalue weighted by molar-refractivity contribution is 5.81. The van der Waals surface area contributed by atoms with Gasteiger partial charge in [-0.15, -0.1) is 0 Å². The number of aryl methyl sites for hydroxylation is 1. The van der Waals surface area contributed by atoms with Gasteiger partial charge in [-0.1, -0.05) is 19.9 Å². The maximum Gasteiger partial charge on any atom is 0.311 e. The molecule has 5 nitrogen and oxygen atoms in total. The number of methoxy groups -OCH3 is 1. The average molecular weight is 337 g/mol. The second kappa shape index (κ2) is 7.20. The van der Waals surface area contributed by atoms with Crippen LogP contribution >= 0.6 is 0 Å². The number of hydrogen-bond donors (Lipinski definition) is 1. The molecule has 0 aliphatic carbocycles. The smallest absolute Gasteiger partial charge is 0.311 e. The van der Waals surface area contributed by atoms with Crippen molar-refractivity contribution >= 4 is 11.9 Å². The maximum absolute atomic E-state index is 13.7.